The molecule has 0 saturated carbocycles. The highest BCUT2D eigenvalue weighted by molar-refractivity contribution is 7.89. The molecule has 37 heavy (non-hydrogen) atoms. The van der Waals surface area contributed by atoms with Crippen LogP contribution in [0.15, 0.2) is 48.5 Å². The molecule has 8 nitrogen and oxygen atoms in total. The number of benzene rings is 2. The van der Waals surface area contributed by atoms with Gasteiger partial charge in [0.15, 0.2) is 5.65 Å². The molecule has 2 aromatic heterocycles. The highest BCUT2D eigenvalue weighted by Crippen LogP contribution is 2.40. The quantitative estimate of drug-likeness (QED) is 0.329. The third-order valence-corrected chi connectivity index (χ3v) is 9.83. The Morgan fingerprint density at radius 1 is 1.00 bits per heavy atom. The van der Waals surface area contributed by atoms with Crippen LogP contribution in [-0.2, 0) is 10.0 Å². The smallest absolute Gasteiger partial charge is 0.229 e. The Kier molecular flexibility index (Phi) is 6.14. The van der Waals surface area contributed by atoms with Crippen molar-refractivity contribution in [2.24, 2.45) is 0 Å². The van der Waals surface area contributed by atoms with Gasteiger partial charge in [-0.05, 0) is 43.5 Å². The van der Waals surface area contributed by atoms with Gasteiger partial charge in [-0.1, -0.05) is 60.5 Å². The Labute approximate surface area is 225 Å². The zero-order valence-corrected chi connectivity index (χ0v) is 22.8. The topological polar surface area (TPSA) is 83.7 Å². The minimum Gasteiger partial charge on any atom is -0.335 e. The van der Waals surface area contributed by atoms with Crippen LogP contribution >= 0.6 is 23.2 Å². The fraction of sp³-hybridized carbons (Fsp3) is 0.346. The van der Waals surface area contributed by atoms with E-state index in [-0.39, 0.29) is 17.8 Å². The lowest BCUT2D eigenvalue weighted by molar-refractivity contribution is 0.366. The van der Waals surface area contributed by atoms with Crippen molar-refractivity contribution in [2.75, 3.05) is 23.7 Å². The van der Waals surface area contributed by atoms with Crippen molar-refractivity contribution < 1.29 is 8.42 Å². The highest BCUT2D eigenvalue weighted by Gasteiger charge is 2.48. The fourth-order valence-corrected chi connectivity index (χ4v) is 7.60. The molecular formula is C26H26Cl2N6O2S. The fourth-order valence-electron chi connectivity index (χ4n) is 5.49. The van der Waals surface area contributed by atoms with Crippen LogP contribution in [0.25, 0.3) is 28.0 Å². The summed E-state index contributed by atoms with van der Waals surface area (Å²) in [5.74, 6) is 1.46. The minimum atomic E-state index is -3.24. The molecule has 4 heterocycles. The van der Waals surface area contributed by atoms with Gasteiger partial charge in [-0.15, -0.1) is 0 Å². The molecule has 2 fully saturated rings. The van der Waals surface area contributed by atoms with Crippen LogP contribution < -0.4 is 4.90 Å². The van der Waals surface area contributed by atoms with Crippen molar-refractivity contribution in [1.29, 1.82) is 0 Å². The number of fused-ring (bicyclic) bond motifs is 3. The molecule has 0 N–H and O–H groups in total. The summed E-state index contributed by atoms with van der Waals surface area (Å²) < 4.78 is 28.9. The Balaban J connectivity index is 1.46. The number of aromatic nitrogens is 4. The van der Waals surface area contributed by atoms with Gasteiger partial charge in [-0.2, -0.15) is 23.9 Å². The molecule has 0 aliphatic carbocycles. The zero-order valence-electron chi connectivity index (χ0n) is 20.5. The van der Waals surface area contributed by atoms with E-state index in [1.54, 1.807) is 8.82 Å². The van der Waals surface area contributed by atoms with Crippen LogP contribution in [0.3, 0.4) is 0 Å². The van der Waals surface area contributed by atoms with Gasteiger partial charge in [0.1, 0.15) is 11.5 Å². The first-order valence-corrected chi connectivity index (χ1v) is 14.7. The Bertz CT molecular complexity index is 1610. The molecule has 2 unspecified atom stereocenters. The summed E-state index contributed by atoms with van der Waals surface area (Å²) in [5.41, 5.74) is 3.93. The molecule has 6 rings (SSSR count). The van der Waals surface area contributed by atoms with Crippen molar-refractivity contribution in [3.63, 3.8) is 0 Å². The molecule has 192 valence electrons. The molecule has 2 atom stereocenters. The summed E-state index contributed by atoms with van der Waals surface area (Å²) in [6.45, 7) is 4.84. The molecular weight excluding hydrogens is 531 g/mol. The van der Waals surface area contributed by atoms with Crippen LogP contribution in [-0.4, -0.2) is 63.2 Å². The largest absolute Gasteiger partial charge is 0.335 e. The van der Waals surface area contributed by atoms with Crippen molar-refractivity contribution in [3.8, 4) is 22.4 Å². The summed E-state index contributed by atoms with van der Waals surface area (Å²) in [6.07, 6.45) is 1.39. The third kappa shape index (κ3) is 4.18. The van der Waals surface area contributed by atoms with E-state index in [4.69, 9.17) is 38.3 Å². The van der Waals surface area contributed by atoms with Crippen molar-refractivity contribution >= 4 is 44.8 Å². The lowest BCUT2D eigenvalue weighted by atomic mass is 10.0. The number of nitrogens with zero attached hydrogens (tertiary/aromatic N) is 6. The average molecular weight is 558 g/mol. The number of piperazine rings is 1. The number of halogens is 2. The van der Waals surface area contributed by atoms with Gasteiger partial charge in [0, 0.05) is 35.8 Å². The minimum absolute atomic E-state index is 0.0448. The molecule has 2 aliphatic heterocycles. The van der Waals surface area contributed by atoms with Gasteiger partial charge in [-0.25, -0.2) is 8.42 Å². The average Bonchev–Trinajstić information content (AvgIpc) is 3.58. The Hall–Kier alpha value is -2.72. The first-order valence-electron chi connectivity index (χ1n) is 12.3. The van der Waals surface area contributed by atoms with E-state index >= 15 is 0 Å². The molecule has 2 aliphatic rings. The second-order valence-corrected chi connectivity index (χ2v) is 12.5. The maximum absolute atomic E-state index is 12.7. The number of hydrogen-bond donors (Lipinski definition) is 0. The second-order valence-electron chi connectivity index (χ2n) is 9.60. The summed E-state index contributed by atoms with van der Waals surface area (Å²) in [6, 6.07) is 15.2. The predicted molar refractivity (Wildman–Crippen MR) is 147 cm³/mol. The monoisotopic (exact) mass is 556 g/mol. The van der Waals surface area contributed by atoms with Crippen LogP contribution in [0.4, 0.5) is 5.95 Å². The third-order valence-electron chi connectivity index (χ3n) is 7.16. The van der Waals surface area contributed by atoms with E-state index in [9.17, 15) is 8.42 Å². The van der Waals surface area contributed by atoms with E-state index in [0.29, 0.717) is 52.7 Å². The van der Waals surface area contributed by atoms with E-state index in [2.05, 4.69) is 4.90 Å². The van der Waals surface area contributed by atoms with Crippen molar-refractivity contribution in [3.05, 3.63) is 64.4 Å². The van der Waals surface area contributed by atoms with Gasteiger partial charge >= 0.3 is 0 Å². The van der Waals surface area contributed by atoms with Crippen LogP contribution in [0, 0.1) is 6.92 Å². The Morgan fingerprint density at radius 2 is 1.76 bits per heavy atom. The molecule has 0 spiro atoms. The van der Waals surface area contributed by atoms with Crippen molar-refractivity contribution in [1.82, 2.24) is 23.9 Å². The van der Waals surface area contributed by atoms with Crippen LogP contribution in [0.1, 0.15) is 25.6 Å². The lowest BCUT2D eigenvalue weighted by Gasteiger charge is -2.33. The molecule has 2 bridgehead atoms. The van der Waals surface area contributed by atoms with Crippen LogP contribution in [0.2, 0.25) is 10.0 Å². The predicted octanol–water partition coefficient (Wildman–Crippen LogP) is 5.08. The van der Waals surface area contributed by atoms with E-state index in [1.807, 2.05) is 62.4 Å². The number of sulfonamides is 1. The number of hydrogen-bond acceptors (Lipinski definition) is 6. The van der Waals surface area contributed by atoms with Crippen molar-refractivity contribution in [2.45, 2.75) is 38.8 Å². The zero-order chi connectivity index (χ0) is 25.9. The standard InChI is InChI=1S/C26H26Cl2N6O2S/c1-3-12-37(35,36)33-15-19-13-20(33)14-32(19)26-29-16(2)34-25(30-26)23(17-8-10-18(27)11-9-17)24(31-34)21-6-4-5-7-22(21)28/h4-11,19-20H,3,12-15H2,1-2H3. The highest BCUT2D eigenvalue weighted by atomic mass is 35.5. The maximum Gasteiger partial charge on any atom is 0.229 e. The molecule has 0 radical (unpaired) electrons. The number of rotatable bonds is 6. The molecule has 2 saturated heterocycles. The molecule has 0 amide bonds. The van der Waals surface area contributed by atoms with Crippen LogP contribution in [0.5, 0.6) is 0 Å². The number of aryl methyl sites for hydroxylation is 1. The number of anilines is 1. The first-order chi connectivity index (χ1) is 17.8. The Morgan fingerprint density at radius 3 is 2.43 bits per heavy atom. The molecule has 2 aromatic carbocycles. The van der Waals surface area contributed by atoms with Gasteiger partial charge < -0.3 is 4.90 Å². The second kappa shape index (κ2) is 9.23. The normalized spacial score (nSPS) is 19.8. The van der Waals surface area contributed by atoms with E-state index < -0.39 is 10.0 Å². The van der Waals surface area contributed by atoms with Gasteiger partial charge in [-0.3, -0.25) is 0 Å². The van der Waals surface area contributed by atoms with Gasteiger partial charge in [0.05, 0.1) is 16.3 Å². The van der Waals surface area contributed by atoms with Gasteiger partial charge in [0.25, 0.3) is 0 Å². The van der Waals surface area contributed by atoms with Gasteiger partial charge in [0.2, 0.25) is 16.0 Å². The molecule has 4 aromatic rings. The van der Waals surface area contributed by atoms with E-state index in [1.165, 1.54) is 0 Å². The summed E-state index contributed by atoms with van der Waals surface area (Å²) in [7, 11) is -3.24. The SMILES string of the molecule is CCCS(=O)(=O)N1CC2CC1CN2c1nc(C)n2nc(-c3ccccc3Cl)c(-c3ccc(Cl)cc3)c2n1. The van der Waals surface area contributed by atoms with E-state index in [0.717, 1.165) is 23.1 Å². The first kappa shape index (κ1) is 24.6. The summed E-state index contributed by atoms with van der Waals surface area (Å²) >= 11 is 12.8. The maximum atomic E-state index is 12.7. The summed E-state index contributed by atoms with van der Waals surface area (Å²) in [5, 5.41) is 6.13. The molecule has 11 heteroatoms. The lowest BCUT2D eigenvalue weighted by Crippen LogP contribution is -2.49. The summed E-state index contributed by atoms with van der Waals surface area (Å²) in [4.78, 5) is 11.9.